The molecule has 0 spiro atoms. The summed E-state index contributed by atoms with van der Waals surface area (Å²) in [6.07, 6.45) is 1.06. The van der Waals surface area contributed by atoms with Crippen LogP contribution in [0.4, 0.5) is 0 Å². The molecule has 0 unspecified atom stereocenters. The molecule has 0 saturated heterocycles. The molecule has 0 aliphatic heterocycles. The van der Waals surface area contributed by atoms with E-state index in [0.717, 1.165) is 5.56 Å². The number of nitrogens with one attached hydrogen (secondary N) is 1. The van der Waals surface area contributed by atoms with Crippen molar-refractivity contribution in [3.05, 3.63) is 99.0 Å². The maximum atomic E-state index is 13.6. The molecule has 0 aliphatic rings. The Bertz CT molecular complexity index is 1170. The fourth-order valence-corrected chi connectivity index (χ4v) is 4.45. The Hall–Kier alpha value is -2.73. The highest BCUT2D eigenvalue weighted by molar-refractivity contribution is 6.35. The molecule has 5 nitrogen and oxygen atoms in total. The Morgan fingerprint density at radius 3 is 2.24 bits per heavy atom. The van der Waals surface area contributed by atoms with Gasteiger partial charge >= 0.3 is 0 Å². The summed E-state index contributed by atoms with van der Waals surface area (Å²) in [5.41, 5.74) is 1.67. The van der Waals surface area contributed by atoms with Gasteiger partial charge in [0.15, 0.2) is 0 Å². The molecule has 1 N–H and O–H groups in total. The van der Waals surface area contributed by atoms with Crippen LogP contribution in [0.5, 0.6) is 5.75 Å². The van der Waals surface area contributed by atoms with Crippen LogP contribution in [-0.2, 0) is 22.6 Å². The summed E-state index contributed by atoms with van der Waals surface area (Å²) in [6, 6.07) is 21.1. The molecule has 37 heavy (non-hydrogen) atoms. The minimum Gasteiger partial charge on any atom is -0.494 e. The van der Waals surface area contributed by atoms with Gasteiger partial charge < -0.3 is 15.0 Å². The highest BCUT2D eigenvalue weighted by Gasteiger charge is 2.31. The molecule has 0 aromatic heterocycles. The first-order chi connectivity index (χ1) is 17.7. The predicted octanol–water partition coefficient (Wildman–Crippen LogP) is 6.97. The summed E-state index contributed by atoms with van der Waals surface area (Å²) in [5.74, 6) is 0.306. The first kappa shape index (κ1) is 28.8. The number of ether oxygens (including phenoxy) is 1. The number of amides is 2. The van der Waals surface area contributed by atoms with Crippen LogP contribution in [0.2, 0.25) is 15.1 Å². The molecule has 0 heterocycles. The van der Waals surface area contributed by atoms with Crippen LogP contribution in [0.15, 0.2) is 72.8 Å². The van der Waals surface area contributed by atoms with E-state index in [4.69, 9.17) is 39.5 Å². The normalized spacial score (nSPS) is 11.7. The van der Waals surface area contributed by atoms with Gasteiger partial charge in [-0.1, -0.05) is 71.2 Å². The molecule has 0 aliphatic carbocycles. The number of hydrogen-bond acceptors (Lipinski definition) is 3. The van der Waals surface area contributed by atoms with E-state index in [1.54, 1.807) is 47.4 Å². The van der Waals surface area contributed by atoms with Crippen molar-refractivity contribution in [3.63, 3.8) is 0 Å². The Labute approximate surface area is 233 Å². The Kier molecular flexibility index (Phi) is 11.1. The Morgan fingerprint density at radius 2 is 1.59 bits per heavy atom. The second kappa shape index (κ2) is 14.3. The van der Waals surface area contributed by atoms with E-state index >= 15 is 0 Å². The van der Waals surface area contributed by atoms with Crippen molar-refractivity contribution in [2.45, 2.75) is 51.7 Å². The molecule has 0 radical (unpaired) electrons. The van der Waals surface area contributed by atoms with Gasteiger partial charge in [-0.05, 0) is 67.8 Å². The van der Waals surface area contributed by atoms with Crippen LogP contribution in [0.25, 0.3) is 0 Å². The standard InChI is InChI=1S/C29H31Cl3N2O3/c1-20(2)33-29(36)27(17-21-7-4-3-5-8-21)34(19-22-10-11-24(31)18-26(22)32)28(35)9-6-16-37-25-14-12-23(30)13-15-25/h3-5,7-8,10-15,18,20,27H,6,9,16-17,19H2,1-2H3,(H,33,36)/t27-/m1/s1. The highest BCUT2D eigenvalue weighted by atomic mass is 35.5. The molecule has 0 saturated carbocycles. The predicted molar refractivity (Wildman–Crippen MR) is 150 cm³/mol. The zero-order valence-corrected chi connectivity index (χ0v) is 23.2. The average Bonchev–Trinajstić information content (AvgIpc) is 2.86. The van der Waals surface area contributed by atoms with Gasteiger partial charge in [-0.2, -0.15) is 0 Å². The van der Waals surface area contributed by atoms with Gasteiger partial charge in [-0.25, -0.2) is 0 Å². The summed E-state index contributed by atoms with van der Waals surface area (Å²) in [4.78, 5) is 28.6. The minimum atomic E-state index is -0.721. The quantitative estimate of drug-likeness (QED) is 0.243. The van der Waals surface area contributed by atoms with Gasteiger partial charge in [0.05, 0.1) is 6.61 Å². The monoisotopic (exact) mass is 560 g/mol. The number of halogens is 3. The highest BCUT2D eigenvalue weighted by Crippen LogP contribution is 2.25. The van der Waals surface area contributed by atoms with Crippen LogP contribution in [0.1, 0.15) is 37.8 Å². The molecular weight excluding hydrogens is 531 g/mol. The number of benzene rings is 3. The lowest BCUT2D eigenvalue weighted by Crippen LogP contribution is -2.51. The second-order valence-corrected chi connectivity index (χ2v) is 10.3. The van der Waals surface area contributed by atoms with Gasteiger partial charge in [0.25, 0.3) is 0 Å². The fourth-order valence-electron chi connectivity index (χ4n) is 3.86. The van der Waals surface area contributed by atoms with Crippen molar-refractivity contribution >= 4 is 46.6 Å². The van der Waals surface area contributed by atoms with Gasteiger partial charge in [-0.15, -0.1) is 0 Å². The molecule has 196 valence electrons. The lowest BCUT2D eigenvalue weighted by atomic mass is 10.0. The van der Waals surface area contributed by atoms with Crippen LogP contribution >= 0.6 is 34.8 Å². The lowest BCUT2D eigenvalue weighted by Gasteiger charge is -2.32. The third kappa shape index (κ3) is 9.26. The number of hydrogen-bond donors (Lipinski definition) is 1. The van der Waals surface area contributed by atoms with Crippen LogP contribution < -0.4 is 10.1 Å². The van der Waals surface area contributed by atoms with E-state index < -0.39 is 6.04 Å². The van der Waals surface area contributed by atoms with Crippen molar-refractivity contribution in [1.82, 2.24) is 10.2 Å². The van der Waals surface area contributed by atoms with Crippen molar-refractivity contribution < 1.29 is 14.3 Å². The first-order valence-corrected chi connectivity index (χ1v) is 13.3. The number of carbonyl (C=O) groups is 2. The van der Waals surface area contributed by atoms with E-state index in [2.05, 4.69) is 5.32 Å². The topological polar surface area (TPSA) is 58.6 Å². The zero-order chi connectivity index (χ0) is 26.8. The summed E-state index contributed by atoms with van der Waals surface area (Å²) in [7, 11) is 0. The summed E-state index contributed by atoms with van der Waals surface area (Å²) >= 11 is 18.5. The smallest absolute Gasteiger partial charge is 0.243 e. The Morgan fingerprint density at radius 1 is 0.919 bits per heavy atom. The number of carbonyl (C=O) groups excluding carboxylic acids is 2. The van der Waals surface area contributed by atoms with Crippen molar-refractivity contribution in [2.75, 3.05) is 6.61 Å². The molecule has 3 rings (SSSR count). The molecule has 1 atom stereocenters. The van der Waals surface area contributed by atoms with Gasteiger partial charge in [0, 0.05) is 40.5 Å². The summed E-state index contributed by atoms with van der Waals surface area (Å²) in [5, 5.41) is 4.55. The van der Waals surface area contributed by atoms with Crippen LogP contribution in [-0.4, -0.2) is 35.4 Å². The first-order valence-electron chi connectivity index (χ1n) is 12.2. The number of nitrogens with zero attached hydrogens (tertiary/aromatic N) is 1. The number of rotatable bonds is 12. The van der Waals surface area contributed by atoms with Gasteiger partial charge in [0.1, 0.15) is 11.8 Å². The van der Waals surface area contributed by atoms with Crippen LogP contribution in [0, 0.1) is 0 Å². The Balaban J connectivity index is 1.81. The third-order valence-electron chi connectivity index (χ3n) is 5.68. The molecular formula is C29H31Cl3N2O3. The fraction of sp³-hybridized carbons (Fsp3) is 0.310. The van der Waals surface area contributed by atoms with E-state index in [9.17, 15) is 9.59 Å². The van der Waals surface area contributed by atoms with Crippen molar-refractivity contribution in [2.24, 2.45) is 0 Å². The van der Waals surface area contributed by atoms with E-state index in [1.807, 2.05) is 44.2 Å². The molecule has 3 aromatic carbocycles. The zero-order valence-electron chi connectivity index (χ0n) is 20.9. The largest absolute Gasteiger partial charge is 0.494 e. The average molecular weight is 562 g/mol. The van der Waals surface area contributed by atoms with Gasteiger partial charge in [-0.3, -0.25) is 9.59 Å². The molecule has 3 aromatic rings. The SMILES string of the molecule is CC(C)NC(=O)[C@@H](Cc1ccccc1)N(Cc1ccc(Cl)cc1Cl)C(=O)CCCOc1ccc(Cl)cc1. The lowest BCUT2D eigenvalue weighted by molar-refractivity contribution is -0.141. The van der Waals surface area contributed by atoms with E-state index in [-0.39, 0.29) is 30.8 Å². The third-order valence-corrected chi connectivity index (χ3v) is 6.51. The van der Waals surface area contributed by atoms with E-state index in [0.29, 0.717) is 45.8 Å². The molecule has 8 heteroatoms. The summed E-state index contributed by atoms with van der Waals surface area (Å²) < 4.78 is 5.75. The summed E-state index contributed by atoms with van der Waals surface area (Å²) in [6.45, 7) is 4.32. The van der Waals surface area contributed by atoms with Gasteiger partial charge in [0.2, 0.25) is 11.8 Å². The maximum absolute atomic E-state index is 13.6. The van der Waals surface area contributed by atoms with E-state index in [1.165, 1.54) is 0 Å². The second-order valence-electron chi connectivity index (χ2n) is 9.03. The minimum absolute atomic E-state index is 0.0744. The maximum Gasteiger partial charge on any atom is 0.243 e. The van der Waals surface area contributed by atoms with Crippen molar-refractivity contribution in [3.8, 4) is 5.75 Å². The van der Waals surface area contributed by atoms with Crippen molar-refractivity contribution in [1.29, 1.82) is 0 Å². The molecule has 0 bridgehead atoms. The molecule has 0 fully saturated rings. The van der Waals surface area contributed by atoms with Crippen LogP contribution in [0.3, 0.4) is 0 Å². The molecule has 2 amide bonds.